The minimum Gasteiger partial charge on any atom is -0.550 e. The van der Waals surface area contributed by atoms with E-state index in [1.165, 1.54) is 12.8 Å². The molecule has 130 valence electrons. The number of rotatable bonds is 14. The van der Waals surface area contributed by atoms with Crippen LogP contribution in [-0.2, 0) is 4.79 Å². The summed E-state index contributed by atoms with van der Waals surface area (Å²) in [5, 5.41) is 19.9. The summed E-state index contributed by atoms with van der Waals surface area (Å²) in [6, 6.07) is 0. The number of carbonyl (C=O) groups is 1. The van der Waals surface area contributed by atoms with Gasteiger partial charge in [0.1, 0.15) is 0 Å². The van der Waals surface area contributed by atoms with Gasteiger partial charge in [-0.3, -0.25) is 0 Å². The second-order valence-electron chi connectivity index (χ2n) is 5.55. The molecule has 0 saturated heterocycles. The van der Waals surface area contributed by atoms with E-state index >= 15 is 0 Å². The maximum Gasteiger partial charge on any atom is 1.00 e. The molecule has 0 aliphatic heterocycles. The van der Waals surface area contributed by atoms with Gasteiger partial charge in [0.15, 0.2) is 0 Å². The molecule has 0 aromatic rings. The number of hydrogen-bond donors (Lipinski definition) is 1. The molecular weight excluding hydrogens is 311 g/mol. The van der Waals surface area contributed by atoms with Crippen LogP contribution in [-0.4, -0.2) is 17.2 Å². The third-order valence-corrected chi connectivity index (χ3v) is 3.31. The zero-order chi connectivity index (χ0) is 17.2. The van der Waals surface area contributed by atoms with E-state index in [4.69, 9.17) is 0 Å². The second-order valence-corrected chi connectivity index (χ2v) is 5.55. The molecule has 0 aromatic carbocycles. The Morgan fingerprint density at radius 3 is 2.33 bits per heavy atom. The van der Waals surface area contributed by atoms with E-state index < -0.39 is 5.97 Å². The Kier molecular flexibility index (Phi) is 21.8. The van der Waals surface area contributed by atoms with Crippen LogP contribution in [0.4, 0.5) is 0 Å². The Bertz CT molecular complexity index is 398. The molecule has 0 fully saturated rings. The van der Waals surface area contributed by atoms with Crippen LogP contribution in [0.1, 0.15) is 64.7 Å². The zero-order valence-corrected chi connectivity index (χ0v) is 17.3. The van der Waals surface area contributed by atoms with Crippen LogP contribution in [0, 0.1) is 0 Å². The number of aliphatic hydroxyl groups excluding tert-OH is 1. The summed E-state index contributed by atoms with van der Waals surface area (Å²) in [5.41, 5.74) is 0. The van der Waals surface area contributed by atoms with Crippen molar-refractivity contribution in [3.05, 3.63) is 48.6 Å². The molecule has 4 heteroatoms. The number of aliphatic carboxylic acids is 1. The fourth-order valence-corrected chi connectivity index (χ4v) is 1.98. The van der Waals surface area contributed by atoms with Crippen molar-refractivity contribution in [2.45, 2.75) is 70.8 Å². The van der Waals surface area contributed by atoms with Crippen molar-refractivity contribution in [2.24, 2.45) is 0 Å². The molecule has 1 unspecified atom stereocenters. The van der Waals surface area contributed by atoms with Gasteiger partial charge in [-0.05, 0) is 38.5 Å². The number of carboxylic acids is 1. The van der Waals surface area contributed by atoms with Gasteiger partial charge in [0.25, 0.3) is 0 Å². The predicted octanol–water partition coefficient (Wildman–Crippen LogP) is 0.857. The monoisotopic (exact) mass is 342 g/mol. The summed E-state index contributed by atoms with van der Waals surface area (Å²) < 4.78 is 0. The van der Waals surface area contributed by atoms with E-state index in [1.54, 1.807) is 0 Å². The number of carboxylic acid groups (broad SMARTS) is 1. The SMILES string of the molecule is CCCCCC(O)C=CC=CCC=CCC=CCCCC(=O)[O-].[Na+]. The molecule has 0 aliphatic rings. The molecule has 0 aromatic heterocycles. The number of hydrogen-bond acceptors (Lipinski definition) is 3. The van der Waals surface area contributed by atoms with E-state index in [9.17, 15) is 15.0 Å². The molecule has 0 amide bonds. The molecule has 0 rings (SSSR count). The summed E-state index contributed by atoms with van der Waals surface area (Å²) in [6.45, 7) is 2.16. The fraction of sp³-hybridized carbons (Fsp3) is 0.550. The number of unbranched alkanes of at least 4 members (excludes halogenated alkanes) is 3. The van der Waals surface area contributed by atoms with Gasteiger partial charge in [0.2, 0.25) is 0 Å². The van der Waals surface area contributed by atoms with E-state index in [1.807, 2.05) is 30.4 Å². The topological polar surface area (TPSA) is 60.4 Å². The van der Waals surface area contributed by atoms with Crippen molar-refractivity contribution in [3.63, 3.8) is 0 Å². The van der Waals surface area contributed by atoms with Crippen molar-refractivity contribution in [3.8, 4) is 0 Å². The van der Waals surface area contributed by atoms with Gasteiger partial charge in [-0.25, -0.2) is 0 Å². The van der Waals surface area contributed by atoms with Gasteiger partial charge in [0.05, 0.1) is 6.10 Å². The van der Waals surface area contributed by atoms with Crippen molar-refractivity contribution in [1.29, 1.82) is 0 Å². The first-order chi connectivity index (χ1) is 11.2. The van der Waals surface area contributed by atoms with E-state index in [-0.39, 0.29) is 42.1 Å². The smallest absolute Gasteiger partial charge is 0.550 e. The maximum absolute atomic E-state index is 10.2. The summed E-state index contributed by atoms with van der Waals surface area (Å²) in [6.07, 6.45) is 23.2. The van der Waals surface area contributed by atoms with Gasteiger partial charge >= 0.3 is 29.6 Å². The van der Waals surface area contributed by atoms with E-state index in [0.29, 0.717) is 6.42 Å². The summed E-state index contributed by atoms with van der Waals surface area (Å²) in [5.74, 6) is -0.979. The van der Waals surface area contributed by atoms with E-state index in [2.05, 4.69) is 25.2 Å². The Hall–Kier alpha value is -0.610. The number of allylic oxidation sites excluding steroid dienone is 7. The average Bonchev–Trinajstić information content (AvgIpc) is 2.51. The van der Waals surface area contributed by atoms with Gasteiger partial charge in [-0.15, -0.1) is 0 Å². The molecule has 0 heterocycles. The molecule has 1 N–H and O–H groups in total. The average molecular weight is 342 g/mol. The molecule has 0 radical (unpaired) electrons. The normalized spacial score (nSPS) is 13.2. The molecule has 1 atom stereocenters. The molecule has 0 aliphatic carbocycles. The van der Waals surface area contributed by atoms with Gasteiger partial charge in [-0.1, -0.05) is 74.8 Å². The molecule has 0 bridgehead atoms. The third kappa shape index (κ3) is 21.4. The van der Waals surface area contributed by atoms with Crippen LogP contribution in [0.3, 0.4) is 0 Å². The molecule has 0 spiro atoms. The van der Waals surface area contributed by atoms with Crippen LogP contribution < -0.4 is 34.7 Å². The Morgan fingerprint density at radius 2 is 1.67 bits per heavy atom. The van der Waals surface area contributed by atoms with Crippen molar-refractivity contribution in [2.75, 3.05) is 0 Å². The first-order valence-electron chi connectivity index (χ1n) is 8.68. The van der Waals surface area contributed by atoms with Crippen LogP contribution in [0.25, 0.3) is 0 Å². The molecular formula is C20H31NaO3. The Morgan fingerprint density at radius 1 is 1.00 bits per heavy atom. The van der Waals surface area contributed by atoms with Gasteiger partial charge in [0, 0.05) is 5.97 Å². The first-order valence-corrected chi connectivity index (χ1v) is 8.68. The maximum atomic E-state index is 10.2. The van der Waals surface area contributed by atoms with Crippen LogP contribution in [0.5, 0.6) is 0 Å². The van der Waals surface area contributed by atoms with Crippen LogP contribution >= 0.6 is 0 Å². The van der Waals surface area contributed by atoms with E-state index in [0.717, 1.165) is 32.1 Å². The zero-order valence-electron chi connectivity index (χ0n) is 15.3. The Balaban J connectivity index is 0. The summed E-state index contributed by atoms with van der Waals surface area (Å²) >= 11 is 0. The van der Waals surface area contributed by atoms with Crippen LogP contribution in [0.2, 0.25) is 0 Å². The Labute approximate surface area is 169 Å². The number of carbonyl (C=O) groups excluding carboxylic acids is 1. The first kappa shape index (κ1) is 25.6. The van der Waals surface area contributed by atoms with Crippen molar-refractivity contribution >= 4 is 5.97 Å². The quantitative estimate of drug-likeness (QED) is 0.220. The summed E-state index contributed by atoms with van der Waals surface area (Å²) in [4.78, 5) is 10.2. The molecule has 3 nitrogen and oxygen atoms in total. The van der Waals surface area contributed by atoms with Crippen molar-refractivity contribution < 1.29 is 44.6 Å². The van der Waals surface area contributed by atoms with Gasteiger partial charge in [-0.2, -0.15) is 0 Å². The minimum absolute atomic E-state index is 0. The molecule has 24 heavy (non-hydrogen) atoms. The summed E-state index contributed by atoms with van der Waals surface area (Å²) in [7, 11) is 0. The third-order valence-electron chi connectivity index (χ3n) is 3.31. The predicted molar refractivity (Wildman–Crippen MR) is 94.8 cm³/mol. The van der Waals surface area contributed by atoms with Crippen molar-refractivity contribution in [1.82, 2.24) is 0 Å². The van der Waals surface area contributed by atoms with Crippen LogP contribution in [0.15, 0.2) is 48.6 Å². The minimum atomic E-state index is -0.979. The number of aliphatic hydroxyl groups is 1. The second kappa shape index (κ2) is 20.4. The van der Waals surface area contributed by atoms with Gasteiger partial charge < -0.3 is 15.0 Å². The molecule has 0 saturated carbocycles. The fourth-order valence-electron chi connectivity index (χ4n) is 1.98. The standard InChI is InChI=1S/C20H32O3.Na/c1-2-3-13-16-19(21)17-14-11-9-7-5-4-6-8-10-12-15-18-20(22)23;/h4-5,8-11,14,17,19,21H,2-3,6-7,12-13,15-16,18H2,1H3,(H,22,23);/q;+1/p-1. The largest absolute Gasteiger partial charge is 1.00 e.